The molecule has 1 aromatic carbocycles. The molecule has 1 aromatic rings. The van der Waals surface area contributed by atoms with Crippen LogP contribution in [0.4, 0.5) is 0 Å². The van der Waals surface area contributed by atoms with Crippen molar-refractivity contribution in [3.63, 3.8) is 0 Å². The maximum Gasteiger partial charge on any atom is 0.253 e. The maximum atomic E-state index is 12.5. The number of carbonyl (C=O) groups is 1. The number of carbonyl (C=O) groups excluding carboxylic acids is 1. The fourth-order valence-electron chi connectivity index (χ4n) is 2.36. The standard InChI is InChI=1S/C16H23NO3/c1-5-20-15-10-13(8-9-14(15)19-4)16(18)17(3)11(2)12-6-7-12/h8-12H,5-7H2,1-4H3. The van der Waals surface area contributed by atoms with Crippen molar-refractivity contribution in [2.24, 2.45) is 5.92 Å². The van der Waals surface area contributed by atoms with E-state index in [4.69, 9.17) is 9.47 Å². The van der Waals surface area contributed by atoms with Gasteiger partial charge in [0.1, 0.15) is 0 Å². The Morgan fingerprint density at radius 3 is 2.65 bits per heavy atom. The third-order valence-electron chi connectivity index (χ3n) is 3.95. The van der Waals surface area contributed by atoms with Crippen LogP contribution in [0.5, 0.6) is 11.5 Å². The Bertz CT molecular complexity index is 483. The summed E-state index contributed by atoms with van der Waals surface area (Å²) in [7, 11) is 3.47. The van der Waals surface area contributed by atoms with Gasteiger partial charge in [-0.2, -0.15) is 0 Å². The Morgan fingerprint density at radius 1 is 1.40 bits per heavy atom. The summed E-state index contributed by atoms with van der Waals surface area (Å²) in [5.41, 5.74) is 0.643. The molecular weight excluding hydrogens is 254 g/mol. The highest BCUT2D eigenvalue weighted by Gasteiger charge is 2.32. The number of benzene rings is 1. The summed E-state index contributed by atoms with van der Waals surface area (Å²) in [5.74, 6) is 1.97. The average Bonchev–Trinajstić information content (AvgIpc) is 3.30. The number of hydrogen-bond donors (Lipinski definition) is 0. The van der Waals surface area contributed by atoms with Gasteiger partial charge in [0.25, 0.3) is 5.91 Å². The van der Waals surface area contributed by atoms with Crippen molar-refractivity contribution >= 4 is 5.91 Å². The SMILES string of the molecule is CCOc1cc(C(=O)N(C)C(C)C2CC2)ccc1OC. The van der Waals surface area contributed by atoms with Crippen LogP contribution in [-0.4, -0.2) is 37.6 Å². The van der Waals surface area contributed by atoms with Crippen LogP contribution in [0.1, 0.15) is 37.0 Å². The van der Waals surface area contributed by atoms with Gasteiger partial charge in [-0.25, -0.2) is 0 Å². The first-order chi connectivity index (χ1) is 9.58. The summed E-state index contributed by atoms with van der Waals surface area (Å²) in [4.78, 5) is 14.3. The zero-order valence-electron chi connectivity index (χ0n) is 12.7. The molecule has 0 radical (unpaired) electrons. The molecule has 1 amide bonds. The average molecular weight is 277 g/mol. The zero-order valence-corrected chi connectivity index (χ0v) is 12.7. The molecule has 0 bridgehead atoms. The predicted octanol–water partition coefficient (Wildman–Crippen LogP) is 2.96. The van der Waals surface area contributed by atoms with Crippen molar-refractivity contribution in [1.82, 2.24) is 4.90 Å². The summed E-state index contributed by atoms with van der Waals surface area (Å²) in [5, 5.41) is 0. The third kappa shape index (κ3) is 3.06. The second kappa shape index (κ2) is 6.16. The minimum atomic E-state index is 0.0352. The van der Waals surface area contributed by atoms with Gasteiger partial charge < -0.3 is 14.4 Å². The van der Waals surface area contributed by atoms with E-state index < -0.39 is 0 Å². The molecule has 110 valence electrons. The first-order valence-electron chi connectivity index (χ1n) is 7.16. The minimum Gasteiger partial charge on any atom is -0.493 e. The van der Waals surface area contributed by atoms with Crippen LogP contribution >= 0.6 is 0 Å². The van der Waals surface area contributed by atoms with Crippen LogP contribution < -0.4 is 9.47 Å². The van der Waals surface area contributed by atoms with Crippen LogP contribution in [-0.2, 0) is 0 Å². The number of nitrogens with zero attached hydrogens (tertiary/aromatic N) is 1. The third-order valence-corrected chi connectivity index (χ3v) is 3.95. The lowest BCUT2D eigenvalue weighted by atomic mass is 10.1. The Hall–Kier alpha value is -1.71. The van der Waals surface area contributed by atoms with E-state index in [1.165, 1.54) is 12.8 Å². The molecule has 1 aliphatic rings. The van der Waals surface area contributed by atoms with E-state index in [0.717, 1.165) is 0 Å². The van der Waals surface area contributed by atoms with Crippen LogP contribution in [0.2, 0.25) is 0 Å². The van der Waals surface area contributed by atoms with E-state index in [1.807, 2.05) is 18.9 Å². The van der Waals surface area contributed by atoms with E-state index in [9.17, 15) is 4.79 Å². The number of methoxy groups -OCH3 is 1. The van der Waals surface area contributed by atoms with Gasteiger partial charge in [0.05, 0.1) is 13.7 Å². The summed E-state index contributed by atoms with van der Waals surface area (Å²) >= 11 is 0. The summed E-state index contributed by atoms with van der Waals surface area (Å²) in [6.07, 6.45) is 2.46. The van der Waals surface area contributed by atoms with Gasteiger partial charge in [0.2, 0.25) is 0 Å². The van der Waals surface area contributed by atoms with Crippen LogP contribution in [0.25, 0.3) is 0 Å². The molecule has 1 aliphatic carbocycles. The second-order valence-corrected chi connectivity index (χ2v) is 5.29. The first-order valence-corrected chi connectivity index (χ1v) is 7.16. The molecule has 1 atom stereocenters. The largest absolute Gasteiger partial charge is 0.493 e. The van der Waals surface area contributed by atoms with Gasteiger partial charge >= 0.3 is 0 Å². The molecular formula is C16H23NO3. The first kappa shape index (κ1) is 14.7. The van der Waals surface area contributed by atoms with Crippen molar-refractivity contribution in [3.8, 4) is 11.5 Å². The van der Waals surface area contributed by atoms with Gasteiger partial charge in [0.15, 0.2) is 11.5 Å². The Kier molecular flexibility index (Phi) is 4.53. The van der Waals surface area contributed by atoms with E-state index in [1.54, 1.807) is 25.3 Å². The molecule has 0 aromatic heterocycles. The van der Waals surface area contributed by atoms with Gasteiger partial charge in [0, 0.05) is 18.7 Å². The van der Waals surface area contributed by atoms with E-state index in [0.29, 0.717) is 35.6 Å². The lowest BCUT2D eigenvalue weighted by Crippen LogP contribution is -2.36. The molecule has 1 saturated carbocycles. The molecule has 0 saturated heterocycles. The highest BCUT2D eigenvalue weighted by atomic mass is 16.5. The predicted molar refractivity (Wildman–Crippen MR) is 78.4 cm³/mol. The highest BCUT2D eigenvalue weighted by Crippen LogP contribution is 2.35. The van der Waals surface area contributed by atoms with Gasteiger partial charge in [-0.1, -0.05) is 0 Å². The number of amides is 1. The van der Waals surface area contributed by atoms with Gasteiger partial charge in [-0.15, -0.1) is 0 Å². The molecule has 1 unspecified atom stereocenters. The number of rotatable bonds is 6. The van der Waals surface area contributed by atoms with Gasteiger partial charge in [-0.3, -0.25) is 4.79 Å². The van der Waals surface area contributed by atoms with Crippen LogP contribution in [0.3, 0.4) is 0 Å². The number of ether oxygens (including phenoxy) is 2. The topological polar surface area (TPSA) is 38.8 Å². The van der Waals surface area contributed by atoms with Crippen molar-refractivity contribution in [3.05, 3.63) is 23.8 Å². The second-order valence-electron chi connectivity index (χ2n) is 5.29. The Balaban J connectivity index is 2.18. The summed E-state index contributed by atoms with van der Waals surface area (Å²) < 4.78 is 10.8. The molecule has 4 heteroatoms. The van der Waals surface area contributed by atoms with Crippen LogP contribution in [0.15, 0.2) is 18.2 Å². The normalized spacial score (nSPS) is 15.6. The molecule has 2 rings (SSSR count). The summed E-state index contributed by atoms with van der Waals surface area (Å²) in [6.45, 7) is 4.57. The molecule has 0 aliphatic heterocycles. The van der Waals surface area contributed by atoms with E-state index in [2.05, 4.69) is 6.92 Å². The van der Waals surface area contributed by atoms with Crippen molar-refractivity contribution in [2.45, 2.75) is 32.7 Å². The molecule has 4 nitrogen and oxygen atoms in total. The maximum absolute atomic E-state index is 12.5. The smallest absolute Gasteiger partial charge is 0.253 e. The molecule has 20 heavy (non-hydrogen) atoms. The fraction of sp³-hybridized carbons (Fsp3) is 0.562. The van der Waals surface area contributed by atoms with E-state index in [-0.39, 0.29) is 5.91 Å². The summed E-state index contributed by atoms with van der Waals surface area (Å²) in [6, 6.07) is 5.63. The molecule has 0 spiro atoms. The van der Waals surface area contributed by atoms with E-state index >= 15 is 0 Å². The Morgan fingerprint density at radius 2 is 2.10 bits per heavy atom. The molecule has 1 fully saturated rings. The number of hydrogen-bond acceptors (Lipinski definition) is 3. The lowest BCUT2D eigenvalue weighted by molar-refractivity contribution is 0.0727. The monoisotopic (exact) mass is 277 g/mol. The quantitative estimate of drug-likeness (QED) is 0.802. The van der Waals surface area contributed by atoms with Crippen molar-refractivity contribution in [1.29, 1.82) is 0 Å². The lowest BCUT2D eigenvalue weighted by Gasteiger charge is -2.25. The Labute approximate surface area is 120 Å². The van der Waals surface area contributed by atoms with Crippen molar-refractivity contribution in [2.75, 3.05) is 20.8 Å². The van der Waals surface area contributed by atoms with Crippen LogP contribution in [0, 0.1) is 5.92 Å². The highest BCUT2D eigenvalue weighted by molar-refractivity contribution is 5.95. The fourth-order valence-corrected chi connectivity index (χ4v) is 2.36. The molecule has 0 N–H and O–H groups in total. The van der Waals surface area contributed by atoms with Gasteiger partial charge in [-0.05, 0) is 50.8 Å². The zero-order chi connectivity index (χ0) is 14.7. The van der Waals surface area contributed by atoms with Crippen molar-refractivity contribution < 1.29 is 14.3 Å². The molecule has 0 heterocycles. The minimum absolute atomic E-state index is 0.0352.